The second kappa shape index (κ2) is 5.10. The van der Waals surface area contributed by atoms with E-state index in [4.69, 9.17) is 5.73 Å². The van der Waals surface area contributed by atoms with E-state index in [2.05, 4.69) is 29.0 Å². The summed E-state index contributed by atoms with van der Waals surface area (Å²) in [5.74, 6) is 0.698. The van der Waals surface area contributed by atoms with E-state index in [1.54, 1.807) is 0 Å². The Bertz CT molecular complexity index is 227. The number of hydrogen-bond acceptors (Lipinski definition) is 3. The summed E-state index contributed by atoms with van der Waals surface area (Å²) in [6.07, 6.45) is 6.92. The van der Waals surface area contributed by atoms with Gasteiger partial charge in [-0.25, -0.2) is 0 Å². The lowest BCUT2D eigenvalue weighted by atomic mass is 10.1. The molecule has 2 unspecified atom stereocenters. The lowest BCUT2D eigenvalue weighted by Gasteiger charge is -2.23. The monoisotopic (exact) mass is 209 g/mol. The topological polar surface area (TPSA) is 32.5 Å². The fourth-order valence-electron chi connectivity index (χ4n) is 2.56. The van der Waals surface area contributed by atoms with Gasteiger partial charge in [0.15, 0.2) is 0 Å². The van der Waals surface area contributed by atoms with E-state index in [9.17, 15) is 0 Å². The largest absolute Gasteiger partial charge is 0.324 e. The van der Waals surface area contributed by atoms with Gasteiger partial charge in [-0.15, -0.1) is 0 Å². The summed E-state index contributed by atoms with van der Waals surface area (Å²) in [5, 5.41) is 0. The number of nitrogens with zero attached hydrogens (tertiary/aromatic N) is 2. The number of likely N-dealkylation sites (N-methyl/N-ethyl adjacent to an activating group) is 1. The first kappa shape index (κ1) is 11.1. The average molecular weight is 209 g/mol. The zero-order valence-corrected chi connectivity index (χ0v) is 9.73. The molecule has 2 aliphatic rings. The zero-order chi connectivity index (χ0) is 10.7. The molecule has 3 nitrogen and oxygen atoms in total. The van der Waals surface area contributed by atoms with Gasteiger partial charge in [-0.3, -0.25) is 0 Å². The Morgan fingerprint density at radius 3 is 2.80 bits per heavy atom. The van der Waals surface area contributed by atoms with Crippen molar-refractivity contribution in [1.82, 2.24) is 9.80 Å². The van der Waals surface area contributed by atoms with Crippen molar-refractivity contribution in [2.75, 3.05) is 39.8 Å². The molecule has 0 saturated carbocycles. The standard InChI is InChI=1S/C12H23N3/c1-14-5-2-6-15(8-7-14)10-11-3-4-12(13)9-11/h3-4,11-12H,2,5-10,13H2,1H3. The summed E-state index contributed by atoms with van der Waals surface area (Å²) < 4.78 is 0. The molecule has 0 bridgehead atoms. The molecule has 1 heterocycles. The summed E-state index contributed by atoms with van der Waals surface area (Å²) in [7, 11) is 2.22. The molecule has 86 valence electrons. The molecule has 0 aromatic carbocycles. The maximum atomic E-state index is 5.87. The summed E-state index contributed by atoms with van der Waals surface area (Å²) >= 11 is 0. The summed E-state index contributed by atoms with van der Waals surface area (Å²) in [6, 6.07) is 0.310. The molecule has 2 atom stereocenters. The van der Waals surface area contributed by atoms with E-state index in [0.717, 1.165) is 6.42 Å². The third-order valence-electron chi connectivity index (χ3n) is 3.51. The first-order valence-electron chi connectivity index (χ1n) is 6.09. The first-order chi connectivity index (χ1) is 7.24. The molecular weight excluding hydrogens is 186 g/mol. The molecule has 1 aliphatic carbocycles. The molecule has 0 spiro atoms. The predicted molar refractivity (Wildman–Crippen MR) is 63.8 cm³/mol. The van der Waals surface area contributed by atoms with Crippen molar-refractivity contribution < 1.29 is 0 Å². The fourth-order valence-corrected chi connectivity index (χ4v) is 2.56. The predicted octanol–water partition coefficient (Wildman–Crippen LogP) is 0.527. The highest BCUT2D eigenvalue weighted by atomic mass is 15.2. The summed E-state index contributed by atoms with van der Waals surface area (Å²) in [5.41, 5.74) is 5.87. The Morgan fingerprint density at radius 1 is 1.20 bits per heavy atom. The second-order valence-electron chi connectivity index (χ2n) is 5.00. The van der Waals surface area contributed by atoms with Gasteiger partial charge in [-0.1, -0.05) is 12.2 Å². The van der Waals surface area contributed by atoms with Crippen LogP contribution in [0.15, 0.2) is 12.2 Å². The van der Waals surface area contributed by atoms with Crippen LogP contribution >= 0.6 is 0 Å². The van der Waals surface area contributed by atoms with Crippen molar-refractivity contribution in [1.29, 1.82) is 0 Å². The normalized spacial score (nSPS) is 34.5. The van der Waals surface area contributed by atoms with E-state index < -0.39 is 0 Å². The van der Waals surface area contributed by atoms with Gasteiger partial charge in [0.1, 0.15) is 0 Å². The van der Waals surface area contributed by atoms with E-state index in [1.165, 1.54) is 39.1 Å². The Labute approximate surface area is 92.9 Å². The van der Waals surface area contributed by atoms with E-state index in [1.807, 2.05) is 0 Å². The molecule has 0 aromatic rings. The van der Waals surface area contributed by atoms with Crippen LogP contribution in [0.3, 0.4) is 0 Å². The highest BCUT2D eigenvalue weighted by Gasteiger charge is 2.19. The fraction of sp³-hybridized carbons (Fsp3) is 0.833. The number of hydrogen-bond donors (Lipinski definition) is 1. The molecule has 0 amide bonds. The van der Waals surface area contributed by atoms with Crippen LogP contribution in [0.5, 0.6) is 0 Å². The second-order valence-corrected chi connectivity index (χ2v) is 5.00. The Morgan fingerprint density at radius 2 is 2.07 bits per heavy atom. The van der Waals surface area contributed by atoms with E-state index in [0.29, 0.717) is 12.0 Å². The molecule has 2 rings (SSSR count). The van der Waals surface area contributed by atoms with Crippen LogP contribution in [0.2, 0.25) is 0 Å². The van der Waals surface area contributed by atoms with Crippen molar-refractivity contribution in [3.8, 4) is 0 Å². The maximum Gasteiger partial charge on any atom is 0.0229 e. The average Bonchev–Trinajstić information content (AvgIpc) is 2.48. The van der Waals surface area contributed by atoms with Gasteiger partial charge in [0.25, 0.3) is 0 Å². The molecule has 2 N–H and O–H groups in total. The van der Waals surface area contributed by atoms with Crippen molar-refractivity contribution in [3.05, 3.63) is 12.2 Å². The molecule has 15 heavy (non-hydrogen) atoms. The Balaban J connectivity index is 1.76. The highest BCUT2D eigenvalue weighted by Crippen LogP contribution is 2.18. The summed E-state index contributed by atoms with van der Waals surface area (Å²) in [6.45, 7) is 6.14. The van der Waals surface area contributed by atoms with Crippen LogP contribution in [0.1, 0.15) is 12.8 Å². The lowest BCUT2D eigenvalue weighted by molar-refractivity contribution is 0.250. The van der Waals surface area contributed by atoms with Crippen LogP contribution in [-0.2, 0) is 0 Å². The van der Waals surface area contributed by atoms with Crippen LogP contribution in [0, 0.1) is 5.92 Å². The van der Waals surface area contributed by atoms with E-state index in [-0.39, 0.29) is 0 Å². The maximum absolute atomic E-state index is 5.87. The molecule has 0 aromatic heterocycles. The molecule has 1 fully saturated rings. The quantitative estimate of drug-likeness (QED) is 0.673. The third-order valence-corrected chi connectivity index (χ3v) is 3.51. The van der Waals surface area contributed by atoms with Gasteiger partial charge in [0, 0.05) is 25.7 Å². The smallest absolute Gasteiger partial charge is 0.0229 e. The lowest BCUT2D eigenvalue weighted by Crippen LogP contribution is -2.33. The van der Waals surface area contributed by atoms with Crippen molar-refractivity contribution in [3.63, 3.8) is 0 Å². The van der Waals surface area contributed by atoms with Gasteiger partial charge in [-0.05, 0) is 38.9 Å². The highest BCUT2D eigenvalue weighted by molar-refractivity contribution is 5.05. The Kier molecular flexibility index (Phi) is 3.78. The van der Waals surface area contributed by atoms with Gasteiger partial charge in [-0.2, -0.15) is 0 Å². The molecular formula is C12H23N3. The molecule has 1 aliphatic heterocycles. The SMILES string of the molecule is CN1CCCN(CC2C=CC(N)C2)CC1. The Hall–Kier alpha value is -0.380. The molecule has 3 heteroatoms. The van der Waals surface area contributed by atoms with Crippen LogP contribution in [0.4, 0.5) is 0 Å². The van der Waals surface area contributed by atoms with Gasteiger partial charge >= 0.3 is 0 Å². The van der Waals surface area contributed by atoms with Gasteiger partial charge in [0.2, 0.25) is 0 Å². The van der Waals surface area contributed by atoms with Crippen LogP contribution < -0.4 is 5.73 Å². The minimum atomic E-state index is 0.310. The minimum Gasteiger partial charge on any atom is -0.324 e. The third kappa shape index (κ3) is 3.30. The van der Waals surface area contributed by atoms with Crippen molar-refractivity contribution in [2.45, 2.75) is 18.9 Å². The minimum absolute atomic E-state index is 0.310. The van der Waals surface area contributed by atoms with Crippen LogP contribution in [-0.4, -0.2) is 55.6 Å². The number of rotatable bonds is 2. The van der Waals surface area contributed by atoms with Crippen LogP contribution in [0.25, 0.3) is 0 Å². The van der Waals surface area contributed by atoms with Gasteiger partial charge in [0.05, 0.1) is 0 Å². The molecule has 1 saturated heterocycles. The zero-order valence-electron chi connectivity index (χ0n) is 9.73. The van der Waals surface area contributed by atoms with Crippen molar-refractivity contribution >= 4 is 0 Å². The van der Waals surface area contributed by atoms with Gasteiger partial charge < -0.3 is 15.5 Å². The number of nitrogens with two attached hydrogens (primary N) is 1. The first-order valence-corrected chi connectivity index (χ1v) is 6.09. The summed E-state index contributed by atoms with van der Waals surface area (Å²) in [4.78, 5) is 5.02. The van der Waals surface area contributed by atoms with E-state index >= 15 is 0 Å². The molecule has 0 radical (unpaired) electrons. The van der Waals surface area contributed by atoms with Crippen molar-refractivity contribution in [2.24, 2.45) is 11.7 Å².